The number of hydrogen-bond acceptors (Lipinski definition) is 4. The normalized spacial score (nSPS) is 11.8. The lowest BCUT2D eigenvalue weighted by Gasteiger charge is -2.13. The summed E-state index contributed by atoms with van der Waals surface area (Å²) in [6.45, 7) is 3.75. The molecule has 1 unspecified atom stereocenters. The van der Waals surface area contributed by atoms with Crippen molar-refractivity contribution in [2.24, 2.45) is 0 Å². The Balaban J connectivity index is 1.65. The van der Waals surface area contributed by atoms with Gasteiger partial charge in [0.2, 0.25) is 5.89 Å². The molecule has 3 rings (SSSR count). The zero-order valence-electron chi connectivity index (χ0n) is 15.9. The number of aryl methyl sites for hydroxylation is 2. The molecule has 1 N–H and O–H groups in total. The second kappa shape index (κ2) is 8.54. The lowest BCUT2D eigenvalue weighted by Crippen LogP contribution is -2.33. The van der Waals surface area contributed by atoms with E-state index in [0.717, 1.165) is 18.4 Å². The van der Waals surface area contributed by atoms with Gasteiger partial charge in [0.05, 0.1) is 7.11 Å². The predicted molar refractivity (Wildman–Crippen MR) is 105 cm³/mol. The fourth-order valence-corrected chi connectivity index (χ4v) is 2.88. The monoisotopic (exact) mass is 364 g/mol. The number of benzene rings is 2. The Hall–Kier alpha value is -3.08. The number of oxazole rings is 1. The average Bonchev–Trinajstić information content (AvgIpc) is 3.09. The molecule has 1 amide bonds. The van der Waals surface area contributed by atoms with Gasteiger partial charge in [0, 0.05) is 11.6 Å². The summed E-state index contributed by atoms with van der Waals surface area (Å²) in [6.07, 6.45) is 1.77. The fourth-order valence-electron chi connectivity index (χ4n) is 2.88. The molecule has 0 saturated heterocycles. The lowest BCUT2D eigenvalue weighted by molar-refractivity contribution is 0.0932. The number of nitrogens with one attached hydrogen (secondary N) is 1. The van der Waals surface area contributed by atoms with Crippen molar-refractivity contribution in [3.8, 4) is 17.2 Å². The van der Waals surface area contributed by atoms with Crippen LogP contribution in [0.4, 0.5) is 0 Å². The third-order valence-corrected chi connectivity index (χ3v) is 4.41. The number of rotatable bonds is 7. The summed E-state index contributed by atoms with van der Waals surface area (Å²) in [6, 6.07) is 17.7. The van der Waals surface area contributed by atoms with Crippen LogP contribution < -0.4 is 10.1 Å². The molecule has 3 aromatic rings. The highest BCUT2D eigenvalue weighted by Gasteiger charge is 2.19. The highest BCUT2D eigenvalue weighted by atomic mass is 16.5. The summed E-state index contributed by atoms with van der Waals surface area (Å²) in [5, 5.41) is 3.01. The van der Waals surface area contributed by atoms with E-state index in [9.17, 15) is 4.79 Å². The van der Waals surface area contributed by atoms with Crippen molar-refractivity contribution in [3.05, 3.63) is 71.6 Å². The van der Waals surface area contributed by atoms with Gasteiger partial charge in [-0.15, -0.1) is 0 Å². The van der Waals surface area contributed by atoms with Gasteiger partial charge >= 0.3 is 0 Å². The standard InChI is InChI=1S/C22H24N2O3/c1-15(12-13-17-8-5-4-6-9-17)23-21(25)20-16(2)27-22(24-20)18-10-7-11-19(14-18)26-3/h4-11,14-15H,12-13H2,1-3H3,(H,23,25). The molecule has 0 aliphatic heterocycles. The number of amides is 1. The smallest absolute Gasteiger partial charge is 0.273 e. The Morgan fingerprint density at radius 3 is 2.70 bits per heavy atom. The van der Waals surface area contributed by atoms with Crippen LogP contribution in [0.15, 0.2) is 59.0 Å². The summed E-state index contributed by atoms with van der Waals surface area (Å²) in [5.41, 5.74) is 2.35. The highest BCUT2D eigenvalue weighted by Crippen LogP contribution is 2.25. The zero-order valence-corrected chi connectivity index (χ0v) is 15.9. The van der Waals surface area contributed by atoms with E-state index < -0.39 is 0 Å². The number of methoxy groups -OCH3 is 1. The molecule has 5 nitrogen and oxygen atoms in total. The molecule has 0 aliphatic carbocycles. The molecular weight excluding hydrogens is 340 g/mol. The molecule has 0 saturated carbocycles. The molecule has 27 heavy (non-hydrogen) atoms. The maximum Gasteiger partial charge on any atom is 0.273 e. The van der Waals surface area contributed by atoms with Crippen LogP contribution in [0.2, 0.25) is 0 Å². The fraction of sp³-hybridized carbons (Fsp3) is 0.273. The predicted octanol–water partition coefficient (Wildman–Crippen LogP) is 4.41. The molecule has 0 fully saturated rings. The van der Waals surface area contributed by atoms with Gasteiger partial charge in [-0.2, -0.15) is 0 Å². The molecule has 140 valence electrons. The quantitative estimate of drug-likeness (QED) is 0.674. The molecule has 1 aromatic heterocycles. The first-order chi connectivity index (χ1) is 13.1. The van der Waals surface area contributed by atoms with E-state index in [1.54, 1.807) is 14.0 Å². The topological polar surface area (TPSA) is 64.4 Å². The van der Waals surface area contributed by atoms with E-state index in [0.29, 0.717) is 23.1 Å². The molecule has 0 radical (unpaired) electrons. The van der Waals surface area contributed by atoms with E-state index >= 15 is 0 Å². The molecule has 5 heteroatoms. The van der Waals surface area contributed by atoms with Crippen LogP contribution in [0.1, 0.15) is 35.2 Å². The third-order valence-electron chi connectivity index (χ3n) is 4.41. The van der Waals surface area contributed by atoms with E-state index in [1.165, 1.54) is 5.56 Å². The average molecular weight is 364 g/mol. The van der Waals surface area contributed by atoms with Gasteiger partial charge in [0.1, 0.15) is 11.5 Å². The van der Waals surface area contributed by atoms with E-state index in [1.807, 2.05) is 49.4 Å². The largest absolute Gasteiger partial charge is 0.497 e. The Kier molecular flexibility index (Phi) is 5.91. The maximum absolute atomic E-state index is 12.6. The minimum Gasteiger partial charge on any atom is -0.497 e. The van der Waals surface area contributed by atoms with Crippen LogP contribution in [-0.2, 0) is 6.42 Å². The van der Waals surface area contributed by atoms with Crippen molar-refractivity contribution in [3.63, 3.8) is 0 Å². The van der Waals surface area contributed by atoms with Crippen LogP contribution in [-0.4, -0.2) is 24.0 Å². The third kappa shape index (κ3) is 4.76. The van der Waals surface area contributed by atoms with E-state index in [4.69, 9.17) is 9.15 Å². The second-order valence-corrected chi connectivity index (χ2v) is 6.55. The Labute approximate surface area is 159 Å². The molecule has 0 spiro atoms. The minimum atomic E-state index is -0.217. The van der Waals surface area contributed by atoms with Gasteiger partial charge in [0.15, 0.2) is 5.69 Å². The Bertz CT molecular complexity index is 903. The molecule has 2 aromatic carbocycles. The summed E-state index contributed by atoms with van der Waals surface area (Å²) in [7, 11) is 1.61. The molecule has 0 bridgehead atoms. The molecule has 1 heterocycles. The van der Waals surface area contributed by atoms with Crippen LogP contribution in [0, 0.1) is 6.92 Å². The summed E-state index contributed by atoms with van der Waals surface area (Å²) < 4.78 is 10.9. The van der Waals surface area contributed by atoms with Crippen molar-refractivity contribution in [1.82, 2.24) is 10.3 Å². The van der Waals surface area contributed by atoms with Gasteiger partial charge in [0.25, 0.3) is 5.91 Å². The lowest BCUT2D eigenvalue weighted by atomic mass is 10.1. The van der Waals surface area contributed by atoms with Crippen molar-refractivity contribution in [1.29, 1.82) is 0 Å². The van der Waals surface area contributed by atoms with Crippen molar-refractivity contribution < 1.29 is 13.9 Å². The summed E-state index contributed by atoms with van der Waals surface area (Å²) in [5.74, 6) is 1.41. The molecule has 1 atom stereocenters. The molecule has 0 aliphatic rings. The van der Waals surface area contributed by atoms with Crippen molar-refractivity contribution in [2.75, 3.05) is 7.11 Å². The number of carbonyl (C=O) groups is 1. The number of hydrogen-bond donors (Lipinski definition) is 1. The van der Waals surface area contributed by atoms with Gasteiger partial charge < -0.3 is 14.5 Å². The second-order valence-electron chi connectivity index (χ2n) is 6.55. The first-order valence-corrected chi connectivity index (χ1v) is 9.03. The number of aromatic nitrogens is 1. The minimum absolute atomic E-state index is 0.0362. The zero-order chi connectivity index (χ0) is 19.2. The first kappa shape index (κ1) is 18.7. The first-order valence-electron chi connectivity index (χ1n) is 9.03. The van der Waals surface area contributed by atoms with Crippen LogP contribution in [0.5, 0.6) is 5.75 Å². The van der Waals surface area contributed by atoms with Crippen LogP contribution in [0.25, 0.3) is 11.5 Å². The van der Waals surface area contributed by atoms with Crippen molar-refractivity contribution >= 4 is 5.91 Å². The van der Waals surface area contributed by atoms with Gasteiger partial charge in [-0.25, -0.2) is 4.98 Å². The molecular formula is C22H24N2O3. The summed E-state index contributed by atoms with van der Waals surface area (Å²) in [4.78, 5) is 17.0. The summed E-state index contributed by atoms with van der Waals surface area (Å²) >= 11 is 0. The van der Waals surface area contributed by atoms with Gasteiger partial charge in [-0.05, 0) is 50.5 Å². The number of carbonyl (C=O) groups excluding carboxylic acids is 1. The maximum atomic E-state index is 12.6. The van der Waals surface area contributed by atoms with E-state index in [-0.39, 0.29) is 11.9 Å². The van der Waals surface area contributed by atoms with Gasteiger partial charge in [-0.3, -0.25) is 4.79 Å². The van der Waals surface area contributed by atoms with Crippen LogP contribution >= 0.6 is 0 Å². The van der Waals surface area contributed by atoms with Gasteiger partial charge in [-0.1, -0.05) is 36.4 Å². The Morgan fingerprint density at radius 2 is 1.96 bits per heavy atom. The number of nitrogens with zero attached hydrogens (tertiary/aromatic N) is 1. The Morgan fingerprint density at radius 1 is 1.19 bits per heavy atom. The van der Waals surface area contributed by atoms with Crippen molar-refractivity contribution in [2.45, 2.75) is 32.7 Å². The highest BCUT2D eigenvalue weighted by molar-refractivity contribution is 5.93. The van der Waals surface area contributed by atoms with Crippen LogP contribution in [0.3, 0.4) is 0 Å². The van der Waals surface area contributed by atoms with E-state index in [2.05, 4.69) is 22.4 Å². The number of ether oxygens (including phenoxy) is 1. The SMILES string of the molecule is COc1cccc(-c2nc(C(=O)NC(C)CCc3ccccc3)c(C)o2)c1.